The number of amides is 1. The maximum atomic E-state index is 12.3. The highest BCUT2D eigenvalue weighted by Gasteiger charge is 2.31. The minimum Gasteiger partial charge on any atom is -0.481 e. The van der Waals surface area contributed by atoms with Crippen LogP contribution < -0.4 is 10.6 Å². The smallest absolute Gasteiger partial charge is 0.306 e. The van der Waals surface area contributed by atoms with Crippen LogP contribution in [0.1, 0.15) is 31.2 Å². The van der Waals surface area contributed by atoms with Crippen LogP contribution in [0.4, 0.5) is 5.69 Å². The Balaban J connectivity index is 1.57. The summed E-state index contributed by atoms with van der Waals surface area (Å²) < 4.78 is 0. The normalized spacial score (nSPS) is 27.5. The molecule has 0 aromatic heterocycles. The van der Waals surface area contributed by atoms with Crippen LogP contribution in [0.25, 0.3) is 0 Å². The molecule has 3 atom stereocenters. The molecule has 1 aliphatic carbocycles. The van der Waals surface area contributed by atoms with Gasteiger partial charge in [-0.25, -0.2) is 0 Å². The number of carbonyl (C=O) groups is 2. The average molecular weight is 288 g/mol. The molecular weight excluding hydrogens is 268 g/mol. The number of rotatable bonds is 3. The molecule has 5 nitrogen and oxygen atoms in total. The number of carboxylic acids is 1. The van der Waals surface area contributed by atoms with E-state index in [1.165, 1.54) is 0 Å². The molecule has 1 aromatic rings. The number of hydrogen-bond donors (Lipinski definition) is 3. The quantitative estimate of drug-likeness (QED) is 0.792. The fraction of sp³-hybridized carbons (Fsp3) is 0.500. The summed E-state index contributed by atoms with van der Waals surface area (Å²) in [6, 6.07) is 7.66. The number of aliphatic carboxylic acids is 1. The van der Waals surface area contributed by atoms with Crippen molar-refractivity contribution in [3.05, 3.63) is 29.8 Å². The first-order chi connectivity index (χ1) is 10.1. The lowest BCUT2D eigenvalue weighted by Crippen LogP contribution is -2.46. The van der Waals surface area contributed by atoms with Gasteiger partial charge in [0.2, 0.25) is 5.91 Å². The summed E-state index contributed by atoms with van der Waals surface area (Å²) in [5, 5.41) is 15.3. The van der Waals surface area contributed by atoms with Crippen molar-refractivity contribution in [2.45, 2.75) is 44.2 Å². The standard InChI is InChI=1S/C16H20N2O3/c19-15(14-9-10-4-1-2-7-13(10)18-14)17-12-6-3-5-11(8-12)16(20)21/h1-2,4,7,11-12,14,18H,3,5-6,8-9H2,(H,17,19)(H,20,21). The first-order valence-electron chi connectivity index (χ1n) is 7.51. The number of carbonyl (C=O) groups excluding carboxylic acids is 1. The van der Waals surface area contributed by atoms with E-state index in [2.05, 4.69) is 10.6 Å². The molecule has 3 unspecified atom stereocenters. The summed E-state index contributed by atoms with van der Waals surface area (Å²) in [5.41, 5.74) is 2.18. The summed E-state index contributed by atoms with van der Waals surface area (Å²) >= 11 is 0. The molecule has 1 aromatic carbocycles. The summed E-state index contributed by atoms with van der Waals surface area (Å²) in [6.45, 7) is 0. The molecule has 3 rings (SSSR count). The van der Waals surface area contributed by atoms with Gasteiger partial charge >= 0.3 is 5.97 Å². The van der Waals surface area contributed by atoms with Gasteiger partial charge in [0.1, 0.15) is 6.04 Å². The third kappa shape index (κ3) is 3.01. The topological polar surface area (TPSA) is 78.4 Å². The largest absolute Gasteiger partial charge is 0.481 e. The van der Waals surface area contributed by atoms with Crippen molar-refractivity contribution in [1.82, 2.24) is 5.32 Å². The Morgan fingerprint density at radius 2 is 2.05 bits per heavy atom. The third-order valence-corrected chi connectivity index (χ3v) is 4.46. The van der Waals surface area contributed by atoms with Crippen LogP contribution >= 0.6 is 0 Å². The molecule has 1 heterocycles. The van der Waals surface area contributed by atoms with Crippen LogP contribution in [0, 0.1) is 5.92 Å². The molecule has 0 saturated heterocycles. The van der Waals surface area contributed by atoms with Crippen molar-refractivity contribution in [3.63, 3.8) is 0 Å². The van der Waals surface area contributed by atoms with E-state index in [9.17, 15) is 9.59 Å². The molecular formula is C16H20N2O3. The highest BCUT2D eigenvalue weighted by molar-refractivity contribution is 5.87. The Bertz CT molecular complexity index is 533. The van der Waals surface area contributed by atoms with Crippen molar-refractivity contribution in [1.29, 1.82) is 0 Å². The molecule has 1 amide bonds. The highest BCUT2D eigenvalue weighted by atomic mass is 16.4. The lowest BCUT2D eigenvalue weighted by Gasteiger charge is -2.28. The van der Waals surface area contributed by atoms with Crippen LogP contribution in [0.2, 0.25) is 0 Å². The van der Waals surface area contributed by atoms with E-state index >= 15 is 0 Å². The fourth-order valence-electron chi connectivity index (χ4n) is 3.30. The molecule has 1 fully saturated rings. The Morgan fingerprint density at radius 3 is 2.81 bits per heavy atom. The van der Waals surface area contributed by atoms with E-state index < -0.39 is 5.97 Å². The third-order valence-electron chi connectivity index (χ3n) is 4.46. The number of anilines is 1. The van der Waals surface area contributed by atoms with Gasteiger partial charge in [0.25, 0.3) is 0 Å². The second-order valence-corrected chi connectivity index (χ2v) is 5.97. The zero-order chi connectivity index (χ0) is 14.8. The predicted molar refractivity (Wildman–Crippen MR) is 79.1 cm³/mol. The summed E-state index contributed by atoms with van der Waals surface area (Å²) in [5.74, 6) is -1.10. The fourth-order valence-corrected chi connectivity index (χ4v) is 3.30. The van der Waals surface area contributed by atoms with Gasteiger partial charge in [-0.05, 0) is 30.9 Å². The Labute approximate surface area is 123 Å². The molecule has 0 spiro atoms. The van der Waals surface area contributed by atoms with Crippen LogP contribution in [-0.2, 0) is 16.0 Å². The molecule has 1 aliphatic heterocycles. The maximum Gasteiger partial charge on any atom is 0.306 e. The van der Waals surface area contributed by atoms with Crippen LogP contribution in [-0.4, -0.2) is 29.1 Å². The Hall–Kier alpha value is -2.04. The van der Waals surface area contributed by atoms with Gasteiger partial charge in [0.15, 0.2) is 0 Å². The van der Waals surface area contributed by atoms with Crippen molar-refractivity contribution in [2.24, 2.45) is 5.92 Å². The maximum absolute atomic E-state index is 12.3. The van der Waals surface area contributed by atoms with Crippen LogP contribution in [0.5, 0.6) is 0 Å². The summed E-state index contributed by atoms with van der Waals surface area (Å²) in [6.07, 6.45) is 3.68. The minimum atomic E-state index is -0.750. The van der Waals surface area contributed by atoms with Gasteiger partial charge in [-0.15, -0.1) is 0 Å². The van der Waals surface area contributed by atoms with Crippen molar-refractivity contribution in [3.8, 4) is 0 Å². The number of carboxylic acid groups (broad SMARTS) is 1. The predicted octanol–water partition coefficient (Wildman–Crippen LogP) is 1.78. The molecule has 2 aliphatic rings. The molecule has 5 heteroatoms. The SMILES string of the molecule is O=C(O)C1CCCC(NC(=O)C2Cc3ccccc3N2)C1. The highest BCUT2D eigenvalue weighted by Crippen LogP contribution is 2.27. The van der Waals surface area contributed by atoms with Crippen LogP contribution in [0.3, 0.4) is 0 Å². The van der Waals surface area contributed by atoms with Crippen LogP contribution in [0.15, 0.2) is 24.3 Å². The average Bonchev–Trinajstić information content (AvgIpc) is 2.91. The zero-order valence-corrected chi connectivity index (χ0v) is 11.8. The number of fused-ring (bicyclic) bond motifs is 1. The monoisotopic (exact) mass is 288 g/mol. The number of para-hydroxylation sites is 1. The molecule has 1 saturated carbocycles. The first kappa shape index (κ1) is 13.9. The second kappa shape index (κ2) is 5.76. The Kier molecular flexibility index (Phi) is 3.82. The first-order valence-corrected chi connectivity index (χ1v) is 7.51. The van der Waals surface area contributed by atoms with E-state index in [4.69, 9.17) is 5.11 Å². The molecule has 3 N–H and O–H groups in total. The van der Waals surface area contributed by atoms with Crippen molar-refractivity contribution in [2.75, 3.05) is 5.32 Å². The lowest BCUT2D eigenvalue weighted by molar-refractivity contribution is -0.143. The van der Waals surface area contributed by atoms with Gasteiger partial charge < -0.3 is 15.7 Å². The van der Waals surface area contributed by atoms with E-state index in [1.807, 2.05) is 24.3 Å². The number of benzene rings is 1. The van der Waals surface area contributed by atoms with Gasteiger partial charge in [-0.2, -0.15) is 0 Å². The van der Waals surface area contributed by atoms with E-state index in [0.717, 1.165) is 30.5 Å². The van der Waals surface area contributed by atoms with Gasteiger partial charge in [0, 0.05) is 18.2 Å². The van der Waals surface area contributed by atoms with Gasteiger partial charge in [-0.3, -0.25) is 9.59 Å². The van der Waals surface area contributed by atoms with E-state index in [1.54, 1.807) is 0 Å². The molecule has 0 bridgehead atoms. The van der Waals surface area contributed by atoms with E-state index in [0.29, 0.717) is 12.8 Å². The van der Waals surface area contributed by atoms with Crippen molar-refractivity contribution >= 4 is 17.6 Å². The number of nitrogens with one attached hydrogen (secondary N) is 2. The molecule has 0 radical (unpaired) electrons. The zero-order valence-electron chi connectivity index (χ0n) is 11.8. The minimum absolute atomic E-state index is 0.0159. The Morgan fingerprint density at radius 1 is 1.24 bits per heavy atom. The van der Waals surface area contributed by atoms with Gasteiger partial charge in [-0.1, -0.05) is 24.6 Å². The summed E-state index contributed by atoms with van der Waals surface area (Å²) in [4.78, 5) is 23.4. The van der Waals surface area contributed by atoms with Crippen molar-refractivity contribution < 1.29 is 14.7 Å². The molecule has 21 heavy (non-hydrogen) atoms. The molecule has 112 valence electrons. The van der Waals surface area contributed by atoms with Gasteiger partial charge in [0.05, 0.1) is 5.92 Å². The number of hydrogen-bond acceptors (Lipinski definition) is 3. The van der Waals surface area contributed by atoms with E-state index in [-0.39, 0.29) is 23.9 Å². The second-order valence-electron chi connectivity index (χ2n) is 5.97. The lowest BCUT2D eigenvalue weighted by atomic mass is 9.85. The summed E-state index contributed by atoms with van der Waals surface area (Å²) in [7, 11) is 0.